The summed E-state index contributed by atoms with van der Waals surface area (Å²) in [5, 5.41) is 2.80. The van der Waals surface area contributed by atoms with Crippen LogP contribution in [-0.2, 0) is 9.53 Å². The first-order chi connectivity index (χ1) is 14.0. The maximum atomic E-state index is 13.2. The SMILES string of the molecule is COc1ccc(C=C(NC(=O)c2ccccc2)C(=O)N2CC(C)OC(C)C2)cc1. The molecule has 0 aliphatic carbocycles. The van der Waals surface area contributed by atoms with Crippen LogP contribution in [-0.4, -0.2) is 49.1 Å². The van der Waals surface area contributed by atoms with Crippen molar-refractivity contribution < 1.29 is 19.1 Å². The van der Waals surface area contributed by atoms with E-state index in [9.17, 15) is 9.59 Å². The molecule has 2 aromatic carbocycles. The van der Waals surface area contributed by atoms with Crippen molar-refractivity contribution in [3.05, 3.63) is 71.4 Å². The second kappa shape index (κ2) is 9.39. The van der Waals surface area contributed by atoms with Gasteiger partial charge in [0.2, 0.25) is 0 Å². The molecule has 2 aromatic rings. The number of amides is 2. The van der Waals surface area contributed by atoms with Gasteiger partial charge in [0.25, 0.3) is 11.8 Å². The van der Waals surface area contributed by atoms with E-state index in [0.29, 0.717) is 18.7 Å². The smallest absolute Gasteiger partial charge is 0.270 e. The van der Waals surface area contributed by atoms with Crippen LogP contribution in [0.15, 0.2) is 60.3 Å². The Hall–Kier alpha value is -3.12. The number of benzene rings is 2. The first kappa shape index (κ1) is 20.6. The number of methoxy groups -OCH3 is 1. The van der Waals surface area contributed by atoms with Gasteiger partial charge in [-0.3, -0.25) is 9.59 Å². The fourth-order valence-corrected chi connectivity index (χ4v) is 3.32. The summed E-state index contributed by atoms with van der Waals surface area (Å²) >= 11 is 0. The number of carbonyl (C=O) groups is 2. The summed E-state index contributed by atoms with van der Waals surface area (Å²) in [7, 11) is 1.60. The molecule has 0 radical (unpaired) electrons. The Labute approximate surface area is 171 Å². The average Bonchev–Trinajstić information content (AvgIpc) is 2.73. The van der Waals surface area contributed by atoms with E-state index in [4.69, 9.17) is 9.47 Å². The first-order valence-corrected chi connectivity index (χ1v) is 9.63. The molecule has 29 heavy (non-hydrogen) atoms. The Morgan fingerprint density at radius 3 is 2.24 bits per heavy atom. The van der Waals surface area contributed by atoms with Gasteiger partial charge in [0.15, 0.2) is 0 Å². The zero-order chi connectivity index (χ0) is 20.8. The van der Waals surface area contributed by atoms with Crippen LogP contribution in [0.25, 0.3) is 6.08 Å². The molecule has 0 aromatic heterocycles. The Morgan fingerprint density at radius 2 is 1.66 bits per heavy atom. The molecule has 1 aliphatic heterocycles. The molecular formula is C23H26N2O4. The van der Waals surface area contributed by atoms with E-state index in [1.54, 1.807) is 42.4 Å². The third-order valence-electron chi connectivity index (χ3n) is 4.65. The van der Waals surface area contributed by atoms with Crippen LogP contribution in [0.5, 0.6) is 5.75 Å². The molecule has 3 rings (SSSR count). The number of carbonyl (C=O) groups excluding carboxylic acids is 2. The van der Waals surface area contributed by atoms with Crippen LogP contribution < -0.4 is 10.1 Å². The largest absolute Gasteiger partial charge is 0.497 e. The van der Waals surface area contributed by atoms with Crippen molar-refractivity contribution in [3.63, 3.8) is 0 Å². The van der Waals surface area contributed by atoms with Crippen LogP contribution in [0.2, 0.25) is 0 Å². The fraction of sp³-hybridized carbons (Fsp3) is 0.304. The van der Waals surface area contributed by atoms with Crippen LogP contribution in [0.1, 0.15) is 29.8 Å². The second-order valence-electron chi connectivity index (χ2n) is 7.12. The van der Waals surface area contributed by atoms with Crippen molar-refractivity contribution in [1.82, 2.24) is 10.2 Å². The third-order valence-corrected chi connectivity index (χ3v) is 4.65. The highest BCUT2D eigenvalue weighted by Crippen LogP contribution is 2.17. The lowest BCUT2D eigenvalue weighted by atomic mass is 10.1. The third kappa shape index (κ3) is 5.45. The van der Waals surface area contributed by atoms with E-state index in [1.807, 2.05) is 44.2 Å². The normalized spacial score (nSPS) is 19.6. The van der Waals surface area contributed by atoms with Crippen LogP contribution in [0.3, 0.4) is 0 Å². The number of nitrogens with zero attached hydrogens (tertiary/aromatic N) is 1. The molecule has 1 aliphatic rings. The number of morpholine rings is 1. The molecule has 2 atom stereocenters. The van der Waals surface area contributed by atoms with Crippen LogP contribution in [0.4, 0.5) is 0 Å². The Bertz CT molecular complexity index is 868. The molecule has 0 saturated carbocycles. The maximum absolute atomic E-state index is 13.2. The number of ether oxygens (including phenoxy) is 2. The summed E-state index contributed by atoms with van der Waals surface area (Å²) in [6, 6.07) is 16.1. The van der Waals surface area contributed by atoms with Crippen molar-refractivity contribution in [1.29, 1.82) is 0 Å². The molecule has 2 amide bonds. The topological polar surface area (TPSA) is 67.9 Å². The van der Waals surface area contributed by atoms with Crippen molar-refractivity contribution in [3.8, 4) is 5.75 Å². The highest BCUT2D eigenvalue weighted by molar-refractivity contribution is 6.05. The number of rotatable bonds is 5. The van der Waals surface area contributed by atoms with E-state index >= 15 is 0 Å². The predicted octanol–water partition coefficient (Wildman–Crippen LogP) is 3.10. The molecular weight excluding hydrogens is 368 g/mol. The lowest BCUT2D eigenvalue weighted by Gasteiger charge is -2.35. The first-order valence-electron chi connectivity index (χ1n) is 9.63. The van der Waals surface area contributed by atoms with Crippen LogP contribution >= 0.6 is 0 Å². The fourth-order valence-electron chi connectivity index (χ4n) is 3.32. The molecule has 6 heteroatoms. The number of hydrogen-bond acceptors (Lipinski definition) is 4. The average molecular weight is 394 g/mol. The molecule has 6 nitrogen and oxygen atoms in total. The lowest BCUT2D eigenvalue weighted by Crippen LogP contribution is -2.50. The van der Waals surface area contributed by atoms with Gasteiger partial charge >= 0.3 is 0 Å². The Morgan fingerprint density at radius 1 is 1.03 bits per heavy atom. The minimum Gasteiger partial charge on any atom is -0.497 e. The Kier molecular flexibility index (Phi) is 6.67. The summed E-state index contributed by atoms with van der Waals surface area (Å²) in [6.45, 7) is 4.82. The van der Waals surface area contributed by atoms with E-state index in [2.05, 4.69) is 5.32 Å². The molecule has 0 spiro atoms. The summed E-state index contributed by atoms with van der Waals surface area (Å²) in [5.74, 6) is 0.166. The van der Waals surface area contributed by atoms with E-state index < -0.39 is 0 Å². The van der Waals surface area contributed by atoms with Gasteiger partial charge in [-0.05, 0) is 49.8 Å². The summed E-state index contributed by atoms with van der Waals surface area (Å²) in [4.78, 5) is 27.7. The van der Waals surface area contributed by atoms with Gasteiger partial charge in [-0.1, -0.05) is 30.3 Å². The van der Waals surface area contributed by atoms with Crippen molar-refractivity contribution >= 4 is 17.9 Å². The summed E-state index contributed by atoms with van der Waals surface area (Å²) in [6.07, 6.45) is 1.57. The van der Waals surface area contributed by atoms with Gasteiger partial charge in [0.05, 0.1) is 19.3 Å². The van der Waals surface area contributed by atoms with Crippen molar-refractivity contribution in [2.75, 3.05) is 20.2 Å². The van der Waals surface area contributed by atoms with Gasteiger partial charge in [-0.15, -0.1) is 0 Å². The minimum atomic E-state index is -0.326. The van der Waals surface area contributed by atoms with Gasteiger partial charge in [0, 0.05) is 18.7 Å². The quantitative estimate of drug-likeness (QED) is 0.792. The zero-order valence-corrected chi connectivity index (χ0v) is 16.9. The molecule has 0 bridgehead atoms. The monoisotopic (exact) mass is 394 g/mol. The maximum Gasteiger partial charge on any atom is 0.270 e. The van der Waals surface area contributed by atoms with E-state index in [-0.39, 0.29) is 29.7 Å². The van der Waals surface area contributed by atoms with E-state index in [1.165, 1.54) is 0 Å². The molecule has 1 heterocycles. The highest BCUT2D eigenvalue weighted by atomic mass is 16.5. The lowest BCUT2D eigenvalue weighted by molar-refractivity contribution is -0.139. The molecule has 1 fully saturated rings. The summed E-state index contributed by atoms with van der Waals surface area (Å²) in [5.41, 5.74) is 1.51. The van der Waals surface area contributed by atoms with Gasteiger partial charge < -0.3 is 19.7 Å². The standard InChI is InChI=1S/C23H26N2O4/c1-16-14-25(15-17(2)29-16)23(27)21(13-18-9-11-20(28-3)12-10-18)24-22(26)19-7-5-4-6-8-19/h4-13,16-17H,14-15H2,1-3H3,(H,24,26). The number of hydrogen-bond donors (Lipinski definition) is 1. The van der Waals surface area contributed by atoms with Crippen LogP contribution in [0, 0.1) is 0 Å². The molecule has 2 unspecified atom stereocenters. The van der Waals surface area contributed by atoms with E-state index in [0.717, 1.165) is 11.3 Å². The zero-order valence-electron chi connectivity index (χ0n) is 16.9. The van der Waals surface area contributed by atoms with Crippen molar-refractivity contribution in [2.24, 2.45) is 0 Å². The minimum absolute atomic E-state index is 0.0604. The number of nitrogens with one attached hydrogen (secondary N) is 1. The molecule has 152 valence electrons. The second-order valence-corrected chi connectivity index (χ2v) is 7.12. The van der Waals surface area contributed by atoms with Gasteiger partial charge in [-0.2, -0.15) is 0 Å². The van der Waals surface area contributed by atoms with Gasteiger partial charge in [-0.25, -0.2) is 0 Å². The predicted molar refractivity (Wildman–Crippen MR) is 111 cm³/mol. The highest BCUT2D eigenvalue weighted by Gasteiger charge is 2.28. The summed E-state index contributed by atoms with van der Waals surface area (Å²) < 4.78 is 10.9. The molecule has 1 N–H and O–H groups in total. The Balaban J connectivity index is 1.88. The van der Waals surface area contributed by atoms with Crippen molar-refractivity contribution in [2.45, 2.75) is 26.1 Å². The van der Waals surface area contributed by atoms with Gasteiger partial charge in [0.1, 0.15) is 11.4 Å². The molecule has 1 saturated heterocycles.